The van der Waals surface area contributed by atoms with Gasteiger partial charge in [-0.25, -0.2) is 9.59 Å². The van der Waals surface area contributed by atoms with E-state index >= 15 is 0 Å². The first-order chi connectivity index (χ1) is 19.9. The Hall–Kier alpha value is -3.47. The molecule has 0 fully saturated rings. The molecule has 43 heavy (non-hydrogen) atoms. The van der Waals surface area contributed by atoms with Crippen molar-refractivity contribution in [3.8, 4) is 11.5 Å². The lowest BCUT2D eigenvalue weighted by atomic mass is 9.92. The van der Waals surface area contributed by atoms with Crippen molar-refractivity contribution in [2.45, 2.75) is 85.7 Å². The van der Waals surface area contributed by atoms with Gasteiger partial charge in [0.2, 0.25) is 0 Å². The monoisotopic (exact) mass is 617 g/mol. The minimum absolute atomic E-state index is 0.0289. The van der Waals surface area contributed by atoms with Crippen LogP contribution >= 0.6 is 11.6 Å². The highest BCUT2D eigenvalue weighted by Gasteiger charge is 2.61. The fourth-order valence-corrected chi connectivity index (χ4v) is 4.47. The van der Waals surface area contributed by atoms with Crippen LogP contribution in [0.25, 0.3) is 0 Å². The number of aliphatic hydroxyl groups is 1. The molecule has 0 amide bonds. The predicted molar refractivity (Wildman–Crippen MR) is 158 cm³/mol. The smallest absolute Gasteiger partial charge is 0.431 e. The van der Waals surface area contributed by atoms with E-state index in [1.54, 1.807) is 77.9 Å². The molecule has 2 N–H and O–H groups in total. The van der Waals surface area contributed by atoms with Crippen molar-refractivity contribution >= 4 is 35.5 Å². The van der Waals surface area contributed by atoms with Crippen LogP contribution in [-0.2, 0) is 35.1 Å². The van der Waals surface area contributed by atoms with Crippen LogP contribution in [0.15, 0.2) is 42.5 Å². The first kappa shape index (κ1) is 34.0. The Morgan fingerprint density at radius 3 is 1.98 bits per heavy atom. The van der Waals surface area contributed by atoms with Gasteiger partial charge in [-0.3, -0.25) is 9.59 Å². The van der Waals surface area contributed by atoms with E-state index in [2.05, 4.69) is 5.32 Å². The van der Waals surface area contributed by atoms with Gasteiger partial charge in [-0.05, 0) is 59.6 Å². The molecule has 0 aliphatic carbocycles. The first-order valence-electron chi connectivity index (χ1n) is 14.0. The third-order valence-electron chi connectivity index (χ3n) is 6.25. The minimum Gasteiger partial charge on any atom is -0.431 e. The Morgan fingerprint density at radius 2 is 1.44 bits per heavy atom. The zero-order valence-electron chi connectivity index (χ0n) is 25.6. The lowest BCUT2D eigenvalue weighted by Crippen LogP contribution is -2.57. The van der Waals surface area contributed by atoms with Crippen LogP contribution in [0.3, 0.4) is 0 Å². The number of esters is 4. The number of hydrogen-bond acceptors (Lipinski definition) is 10. The Labute approximate surface area is 257 Å². The van der Waals surface area contributed by atoms with E-state index in [0.717, 1.165) is 5.56 Å². The number of fused-ring (bicyclic) bond motifs is 1. The van der Waals surface area contributed by atoms with Crippen molar-refractivity contribution in [1.82, 2.24) is 5.32 Å². The van der Waals surface area contributed by atoms with E-state index in [0.29, 0.717) is 17.0 Å². The molecule has 0 unspecified atom stereocenters. The normalized spacial score (nSPS) is 15.4. The second kappa shape index (κ2) is 13.4. The fraction of sp³-hybridized carbons (Fsp3) is 0.500. The standard InChI is InChI=1S/C32H40ClNO9/c1-19(34-18-23(35)21-9-8-10-22(33)15-21)13-20-11-12-24-25(14-20)43-32(42-24,28(38)40-26(36)16-30(2,3)4)29(39)41-27(37)17-31(5,6)7/h8-12,14-15,19,23,34-35H,13,16-18H2,1-7H3/t19-,23+/m1/s1. The van der Waals surface area contributed by atoms with Crippen molar-refractivity contribution in [1.29, 1.82) is 0 Å². The van der Waals surface area contributed by atoms with Crippen molar-refractivity contribution < 1.29 is 43.2 Å². The molecule has 0 bridgehead atoms. The molecule has 0 saturated heterocycles. The van der Waals surface area contributed by atoms with Gasteiger partial charge < -0.3 is 29.4 Å². The number of benzene rings is 2. The average Bonchev–Trinajstić information content (AvgIpc) is 3.25. The maximum Gasteiger partial charge on any atom is 0.454 e. The summed E-state index contributed by atoms with van der Waals surface area (Å²) < 4.78 is 21.3. The number of ether oxygens (including phenoxy) is 4. The summed E-state index contributed by atoms with van der Waals surface area (Å²) in [5, 5.41) is 14.3. The van der Waals surface area contributed by atoms with Gasteiger partial charge in [0, 0.05) is 17.6 Å². The van der Waals surface area contributed by atoms with Crippen LogP contribution in [0.5, 0.6) is 11.5 Å². The predicted octanol–water partition coefficient (Wildman–Crippen LogP) is 5.07. The van der Waals surface area contributed by atoms with Gasteiger partial charge in [0.05, 0.1) is 18.9 Å². The average molecular weight is 618 g/mol. The molecule has 2 atom stereocenters. The minimum atomic E-state index is -2.84. The molecular formula is C32H40ClNO9. The van der Waals surface area contributed by atoms with Crippen molar-refractivity contribution in [3.05, 3.63) is 58.6 Å². The molecule has 2 aromatic rings. The summed E-state index contributed by atoms with van der Waals surface area (Å²) in [4.78, 5) is 51.4. The van der Waals surface area contributed by atoms with Crippen molar-refractivity contribution in [2.24, 2.45) is 10.8 Å². The molecule has 1 heterocycles. The summed E-state index contributed by atoms with van der Waals surface area (Å²) in [6.45, 7) is 12.9. The van der Waals surface area contributed by atoms with Gasteiger partial charge in [0.1, 0.15) is 0 Å². The van der Waals surface area contributed by atoms with E-state index < -0.39 is 46.6 Å². The molecule has 234 valence electrons. The maximum absolute atomic E-state index is 13.2. The van der Waals surface area contributed by atoms with Crippen LogP contribution in [0.4, 0.5) is 0 Å². The quantitative estimate of drug-likeness (QED) is 0.274. The summed E-state index contributed by atoms with van der Waals surface area (Å²) in [6, 6.07) is 11.7. The Bertz CT molecular complexity index is 1320. The molecule has 0 spiro atoms. The number of carbonyl (C=O) groups excluding carboxylic acids is 4. The number of halogens is 1. The highest BCUT2D eigenvalue weighted by molar-refractivity contribution is 6.30. The van der Waals surface area contributed by atoms with Gasteiger partial charge in [-0.15, -0.1) is 0 Å². The van der Waals surface area contributed by atoms with E-state index in [1.165, 1.54) is 6.07 Å². The van der Waals surface area contributed by atoms with Crippen molar-refractivity contribution in [2.75, 3.05) is 6.54 Å². The summed E-state index contributed by atoms with van der Waals surface area (Å²) in [5.41, 5.74) is 0.438. The van der Waals surface area contributed by atoms with Crippen LogP contribution in [-0.4, -0.2) is 47.4 Å². The molecule has 3 rings (SSSR count). The summed E-state index contributed by atoms with van der Waals surface area (Å²) >= 11 is 6.02. The molecule has 11 heteroatoms. The summed E-state index contributed by atoms with van der Waals surface area (Å²) in [6.07, 6.45) is -0.533. The molecular weight excluding hydrogens is 578 g/mol. The molecule has 1 aliphatic rings. The van der Waals surface area contributed by atoms with Gasteiger partial charge in [0.25, 0.3) is 0 Å². The van der Waals surface area contributed by atoms with Crippen molar-refractivity contribution in [3.63, 3.8) is 0 Å². The second-order valence-electron chi connectivity index (χ2n) is 13.2. The molecule has 2 aromatic carbocycles. The largest absolute Gasteiger partial charge is 0.454 e. The topological polar surface area (TPSA) is 137 Å². The lowest BCUT2D eigenvalue weighted by Gasteiger charge is -2.24. The maximum atomic E-state index is 13.2. The third kappa shape index (κ3) is 9.77. The number of aliphatic hydroxyl groups excluding tert-OH is 1. The molecule has 0 aromatic heterocycles. The Morgan fingerprint density at radius 1 is 0.884 bits per heavy atom. The second-order valence-corrected chi connectivity index (χ2v) is 13.6. The summed E-state index contributed by atoms with van der Waals surface area (Å²) in [5.74, 6) is -7.46. The van der Waals surface area contributed by atoms with Gasteiger partial charge in [0.15, 0.2) is 11.5 Å². The lowest BCUT2D eigenvalue weighted by molar-refractivity contribution is -0.204. The van der Waals surface area contributed by atoms with Gasteiger partial charge in [-0.2, -0.15) is 0 Å². The van der Waals surface area contributed by atoms with Gasteiger partial charge in [-0.1, -0.05) is 71.3 Å². The number of carbonyl (C=O) groups is 4. The molecule has 0 saturated carbocycles. The number of nitrogens with one attached hydrogen (secondary N) is 1. The van der Waals surface area contributed by atoms with Crippen LogP contribution in [0, 0.1) is 10.8 Å². The number of hydrogen-bond donors (Lipinski definition) is 2. The Balaban J connectivity index is 1.75. The van der Waals surface area contributed by atoms with Crippen LogP contribution in [0.2, 0.25) is 5.02 Å². The van der Waals surface area contributed by atoms with Gasteiger partial charge >= 0.3 is 29.7 Å². The molecule has 1 aliphatic heterocycles. The Kier molecular flexibility index (Phi) is 10.6. The van der Waals surface area contributed by atoms with E-state index in [4.69, 9.17) is 30.5 Å². The van der Waals surface area contributed by atoms with E-state index in [9.17, 15) is 24.3 Å². The highest BCUT2D eigenvalue weighted by atomic mass is 35.5. The van der Waals surface area contributed by atoms with E-state index in [-0.39, 0.29) is 36.9 Å². The zero-order chi connectivity index (χ0) is 32.2. The fourth-order valence-electron chi connectivity index (χ4n) is 4.27. The highest BCUT2D eigenvalue weighted by Crippen LogP contribution is 2.42. The molecule has 0 radical (unpaired) electrons. The van der Waals surface area contributed by atoms with Crippen LogP contribution in [0.1, 0.15) is 78.5 Å². The SMILES string of the molecule is C[C@H](Cc1ccc2c(c1)OC(C(=O)OC(=O)CC(C)(C)C)(C(=O)OC(=O)CC(C)(C)C)O2)NC[C@H](O)c1cccc(Cl)c1. The van der Waals surface area contributed by atoms with E-state index in [1.807, 2.05) is 6.92 Å². The molecule has 10 nitrogen and oxygen atoms in total. The number of rotatable bonds is 10. The van der Waals surface area contributed by atoms with Crippen LogP contribution < -0.4 is 14.8 Å². The third-order valence-corrected chi connectivity index (χ3v) is 6.49. The summed E-state index contributed by atoms with van der Waals surface area (Å²) in [7, 11) is 0. The zero-order valence-corrected chi connectivity index (χ0v) is 26.4. The first-order valence-corrected chi connectivity index (χ1v) is 14.4.